The molecule has 4 heteroatoms. The summed E-state index contributed by atoms with van der Waals surface area (Å²) in [6.45, 7) is 1.96. The molecule has 102 valence electrons. The van der Waals surface area contributed by atoms with E-state index in [9.17, 15) is 14.7 Å². The first-order valence-corrected chi connectivity index (χ1v) is 6.34. The predicted molar refractivity (Wildman–Crippen MR) is 75.6 cm³/mol. The van der Waals surface area contributed by atoms with Gasteiger partial charge in [0, 0.05) is 12.1 Å². The Bertz CT molecular complexity index is 623. The zero-order chi connectivity index (χ0) is 14.5. The van der Waals surface area contributed by atoms with E-state index in [0.29, 0.717) is 5.56 Å². The van der Waals surface area contributed by atoms with E-state index in [1.165, 1.54) is 12.1 Å². The van der Waals surface area contributed by atoms with Crippen molar-refractivity contribution >= 4 is 11.8 Å². The van der Waals surface area contributed by atoms with E-state index in [0.717, 1.165) is 4.90 Å². The Balaban J connectivity index is 2.31. The van der Waals surface area contributed by atoms with Gasteiger partial charge in [0.1, 0.15) is 5.75 Å². The fourth-order valence-corrected chi connectivity index (χ4v) is 1.92. The summed E-state index contributed by atoms with van der Waals surface area (Å²) in [6, 6.07) is 14.8. The number of carbonyl (C=O) groups excluding carboxylic acids is 2. The summed E-state index contributed by atoms with van der Waals surface area (Å²) in [5.41, 5.74) is 0.566. The van der Waals surface area contributed by atoms with Crippen LogP contribution in [0.1, 0.15) is 27.6 Å². The van der Waals surface area contributed by atoms with Gasteiger partial charge in [0.25, 0.3) is 11.8 Å². The Morgan fingerprint density at radius 2 is 1.70 bits per heavy atom. The smallest absolute Gasteiger partial charge is 0.264 e. The summed E-state index contributed by atoms with van der Waals surface area (Å²) in [6.07, 6.45) is 0. The molecule has 2 aromatic rings. The molecule has 0 aliphatic rings. The molecule has 0 aliphatic heterocycles. The summed E-state index contributed by atoms with van der Waals surface area (Å²) < 4.78 is 0. The molecule has 0 aromatic heterocycles. The normalized spacial score (nSPS) is 10.1. The minimum atomic E-state index is -0.501. The number of rotatable bonds is 3. The van der Waals surface area contributed by atoms with Gasteiger partial charge < -0.3 is 5.11 Å². The first-order valence-electron chi connectivity index (χ1n) is 6.34. The predicted octanol–water partition coefficient (Wildman–Crippen LogP) is 2.69. The summed E-state index contributed by atoms with van der Waals surface area (Å²) in [4.78, 5) is 25.8. The molecule has 2 amide bonds. The number of carbonyl (C=O) groups is 2. The molecule has 0 spiro atoms. The van der Waals surface area contributed by atoms with Gasteiger partial charge in [-0.25, -0.2) is 0 Å². The fourth-order valence-electron chi connectivity index (χ4n) is 1.92. The molecular formula is C16H15NO3. The van der Waals surface area contributed by atoms with Crippen molar-refractivity contribution in [1.29, 1.82) is 0 Å². The monoisotopic (exact) mass is 271 g/mol. The SMILES string of the molecule is CCN(C(=O)c1ccccc1O)C(=[18O])c1ccccc1. The van der Waals surface area contributed by atoms with Crippen LogP contribution in [0.3, 0.4) is 0 Å². The standard InChI is InChI=1S/C16H15NO3/c1-2-17(15(19)12-8-4-3-5-9-12)16(20)13-10-6-7-11-14(13)18/h3-11,18H,2H2,1H3/i19+2. The molecular weight excluding hydrogens is 256 g/mol. The zero-order valence-electron chi connectivity index (χ0n) is 11.1. The highest BCUT2D eigenvalue weighted by Crippen LogP contribution is 2.19. The van der Waals surface area contributed by atoms with Crippen molar-refractivity contribution in [2.75, 3.05) is 6.54 Å². The molecule has 1 N–H and O–H groups in total. The van der Waals surface area contributed by atoms with Crippen LogP contribution in [0.4, 0.5) is 0 Å². The number of hydrogen-bond donors (Lipinski definition) is 1. The molecule has 0 fully saturated rings. The van der Waals surface area contributed by atoms with Crippen molar-refractivity contribution < 1.29 is 14.7 Å². The molecule has 0 saturated heterocycles. The van der Waals surface area contributed by atoms with Crippen molar-refractivity contribution in [2.45, 2.75) is 6.92 Å². The second kappa shape index (κ2) is 6.02. The highest BCUT2D eigenvalue weighted by atomic mass is 18.1. The van der Waals surface area contributed by atoms with Crippen molar-refractivity contribution in [1.82, 2.24) is 4.90 Å². The Kier molecular flexibility index (Phi) is 4.15. The van der Waals surface area contributed by atoms with Gasteiger partial charge in [-0.2, -0.15) is 0 Å². The number of aromatic hydroxyl groups is 1. The maximum atomic E-state index is 12.4. The van der Waals surface area contributed by atoms with Gasteiger partial charge in [0.05, 0.1) is 5.56 Å². The van der Waals surface area contributed by atoms with E-state index in [4.69, 9.17) is 0 Å². The third kappa shape index (κ3) is 2.69. The lowest BCUT2D eigenvalue weighted by molar-refractivity contribution is 0.0623. The number of para-hydroxylation sites is 1. The number of nitrogens with zero attached hydrogens (tertiary/aromatic N) is 1. The number of hydrogen-bond acceptors (Lipinski definition) is 3. The average molecular weight is 271 g/mol. The minimum absolute atomic E-state index is 0.124. The van der Waals surface area contributed by atoms with E-state index in [1.807, 2.05) is 0 Å². The minimum Gasteiger partial charge on any atom is -0.507 e. The maximum absolute atomic E-state index is 12.4. The summed E-state index contributed by atoms with van der Waals surface area (Å²) in [7, 11) is 0. The highest BCUT2D eigenvalue weighted by molar-refractivity contribution is 6.11. The number of phenolic OH excluding ortho intramolecular Hbond substituents is 1. The zero-order valence-corrected chi connectivity index (χ0v) is 11.1. The number of amides is 2. The maximum Gasteiger partial charge on any atom is 0.264 e. The van der Waals surface area contributed by atoms with Crippen LogP contribution in [-0.2, 0) is 0 Å². The van der Waals surface area contributed by atoms with Crippen molar-refractivity contribution in [3.05, 3.63) is 65.7 Å². The molecule has 2 rings (SSSR count). The van der Waals surface area contributed by atoms with Gasteiger partial charge in [-0.3, -0.25) is 14.5 Å². The molecule has 0 heterocycles. The summed E-state index contributed by atoms with van der Waals surface area (Å²) >= 11 is 0. The number of phenols is 1. The van der Waals surface area contributed by atoms with Crippen LogP contribution in [0.15, 0.2) is 54.6 Å². The molecule has 2 aromatic carbocycles. The van der Waals surface area contributed by atoms with Crippen molar-refractivity contribution in [2.24, 2.45) is 0 Å². The van der Waals surface area contributed by atoms with E-state index >= 15 is 0 Å². The van der Waals surface area contributed by atoms with Gasteiger partial charge >= 0.3 is 0 Å². The second-order valence-electron chi connectivity index (χ2n) is 4.24. The quantitative estimate of drug-likeness (QED) is 0.689. The summed E-state index contributed by atoms with van der Waals surface area (Å²) in [5, 5.41) is 9.72. The third-order valence-corrected chi connectivity index (χ3v) is 2.96. The van der Waals surface area contributed by atoms with Crippen LogP contribution >= 0.6 is 0 Å². The number of imide groups is 1. The Morgan fingerprint density at radius 3 is 2.30 bits per heavy atom. The van der Waals surface area contributed by atoms with Gasteiger partial charge in [0.15, 0.2) is 0 Å². The average Bonchev–Trinajstić information content (AvgIpc) is 2.49. The summed E-state index contributed by atoms with van der Waals surface area (Å²) in [5.74, 6) is -1.00. The lowest BCUT2D eigenvalue weighted by atomic mass is 10.1. The first kappa shape index (κ1) is 13.8. The van der Waals surface area contributed by atoms with Crippen LogP contribution < -0.4 is 0 Å². The van der Waals surface area contributed by atoms with Crippen LogP contribution in [-0.4, -0.2) is 28.4 Å². The third-order valence-electron chi connectivity index (χ3n) is 2.96. The first-order chi connectivity index (χ1) is 9.65. The largest absolute Gasteiger partial charge is 0.507 e. The van der Waals surface area contributed by atoms with E-state index in [1.54, 1.807) is 49.4 Å². The van der Waals surface area contributed by atoms with Gasteiger partial charge in [-0.15, -0.1) is 0 Å². The van der Waals surface area contributed by atoms with Crippen LogP contribution in [0.2, 0.25) is 0 Å². The molecule has 0 radical (unpaired) electrons. The molecule has 20 heavy (non-hydrogen) atoms. The van der Waals surface area contributed by atoms with Crippen LogP contribution in [0, 0.1) is 0 Å². The molecule has 0 atom stereocenters. The molecule has 0 bridgehead atoms. The Hall–Kier alpha value is -2.62. The molecule has 0 saturated carbocycles. The van der Waals surface area contributed by atoms with Crippen molar-refractivity contribution in [3.63, 3.8) is 0 Å². The Morgan fingerprint density at radius 1 is 1.10 bits per heavy atom. The Labute approximate surface area is 117 Å². The van der Waals surface area contributed by atoms with Gasteiger partial charge in [0.2, 0.25) is 0 Å². The lowest BCUT2D eigenvalue weighted by Gasteiger charge is -2.19. The second-order valence-corrected chi connectivity index (χ2v) is 4.24. The van der Waals surface area contributed by atoms with E-state index in [-0.39, 0.29) is 23.8 Å². The van der Waals surface area contributed by atoms with E-state index in [2.05, 4.69) is 0 Å². The molecule has 4 nitrogen and oxygen atoms in total. The van der Waals surface area contributed by atoms with Gasteiger partial charge in [-0.1, -0.05) is 30.3 Å². The molecule has 0 aliphatic carbocycles. The lowest BCUT2D eigenvalue weighted by Crippen LogP contribution is -2.36. The van der Waals surface area contributed by atoms with Crippen LogP contribution in [0.25, 0.3) is 0 Å². The topological polar surface area (TPSA) is 57.6 Å². The van der Waals surface area contributed by atoms with Gasteiger partial charge in [-0.05, 0) is 31.2 Å². The van der Waals surface area contributed by atoms with Crippen molar-refractivity contribution in [3.8, 4) is 5.75 Å². The number of benzene rings is 2. The van der Waals surface area contributed by atoms with Crippen LogP contribution in [0.5, 0.6) is 5.75 Å². The fraction of sp³-hybridized carbons (Fsp3) is 0.125. The highest BCUT2D eigenvalue weighted by Gasteiger charge is 2.24. The van der Waals surface area contributed by atoms with E-state index < -0.39 is 5.91 Å². The molecule has 0 unspecified atom stereocenters.